The number of amides is 1. The molecule has 3 aromatic rings. The number of rotatable bonds is 6. The molecule has 0 unspecified atom stereocenters. The summed E-state index contributed by atoms with van der Waals surface area (Å²) in [5.74, 6) is 1.67. The Morgan fingerprint density at radius 2 is 1.63 bits per heavy atom. The Morgan fingerprint density at radius 1 is 0.933 bits per heavy atom. The van der Waals surface area contributed by atoms with Crippen LogP contribution in [0.3, 0.4) is 0 Å². The molecule has 30 heavy (non-hydrogen) atoms. The van der Waals surface area contributed by atoms with Crippen LogP contribution in [-0.4, -0.2) is 23.9 Å². The molecule has 1 saturated heterocycles. The highest BCUT2D eigenvalue weighted by Gasteiger charge is 2.25. The Bertz CT molecular complexity index is 968. The van der Waals surface area contributed by atoms with Crippen molar-refractivity contribution in [2.45, 2.75) is 19.4 Å². The Kier molecular flexibility index (Phi) is 6.67. The number of carbonyl (C=O) groups is 1. The first-order valence-electron chi connectivity index (χ1n) is 10.3. The average molecular weight is 421 g/mol. The van der Waals surface area contributed by atoms with Crippen LogP contribution < -0.4 is 10.1 Å². The van der Waals surface area contributed by atoms with E-state index in [0.717, 1.165) is 54.7 Å². The van der Waals surface area contributed by atoms with E-state index in [1.807, 2.05) is 72.8 Å². The van der Waals surface area contributed by atoms with Crippen LogP contribution in [0.2, 0.25) is 5.02 Å². The van der Waals surface area contributed by atoms with Crippen LogP contribution in [0.15, 0.2) is 78.9 Å². The molecule has 1 aliphatic heterocycles. The summed E-state index contributed by atoms with van der Waals surface area (Å²) in [7, 11) is 0. The minimum Gasteiger partial charge on any atom is -0.457 e. The quantitative estimate of drug-likeness (QED) is 0.533. The molecule has 1 fully saturated rings. The van der Waals surface area contributed by atoms with Crippen molar-refractivity contribution in [2.75, 3.05) is 18.4 Å². The van der Waals surface area contributed by atoms with Gasteiger partial charge in [0.15, 0.2) is 0 Å². The van der Waals surface area contributed by atoms with Gasteiger partial charge in [0.2, 0.25) is 5.91 Å². The van der Waals surface area contributed by atoms with Crippen LogP contribution in [-0.2, 0) is 11.3 Å². The minimum atomic E-state index is 0.0425. The van der Waals surface area contributed by atoms with E-state index in [9.17, 15) is 4.79 Å². The summed E-state index contributed by atoms with van der Waals surface area (Å²) in [5, 5.41) is 3.81. The first-order chi connectivity index (χ1) is 14.7. The van der Waals surface area contributed by atoms with Crippen molar-refractivity contribution in [3.8, 4) is 11.5 Å². The normalized spacial score (nSPS) is 15.0. The second kappa shape index (κ2) is 9.79. The van der Waals surface area contributed by atoms with E-state index in [2.05, 4.69) is 16.3 Å². The molecule has 5 heteroatoms. The molecule has 0 bridgehead atoms. The van der Waals surface area contributed by atoms with Gasteiger partial charge in [-0.2, -0.15) is 0 Å². The van der Waals surface area contributed by atoms with Gasteiger partial charge in [0.05, 0.1) is 0 Å². The summed E-state index contributed by atoms with van der Waals surface area (Å²) in [6.45, 7) is 2.70. The number of halogens is 1. The lowest BCUT2D eigenvalue weighted by molar-refractivity contribution is -0.121. The number of piperidine rings is 1. The summed E-state index contributed by atoms with van der Waals surface area (Å²) >= 11 is 6.08. The van der Waals surface area contributed by atoms with Gasteiger partial charge >= 0.3 is 0 Å². The Balaban J connectivity index is 1.25. The molecular weight excluding hydrogens is 396 g/mol. The molecule has 1 aliphatic rings. The van der Waals surface area contributed by atoms with Crippen molar-refractivity contribution in [3.05, 3.63) is 89.4 Å². The van der Waals surface area contributed by atoms with Crippen LogP contribution >= 0.6 is 11.6 Å². The van der Waals surface area contributed by atoms with Crippen molar-refractivity contribution in [1.82, 2.24) is 4.90 Å². The number of carbonyl (C=O) groups excluding carboxylic acids is 1. The Labute approximate surface area is 182 Å². The summed E-state index contributed by atoms with van der Waals surface area (Å²) in [6, 6.07) is 25.1. The molecule has 1 N–H and O–H groups in total. The zero-order chi connectivity index (χ0) is 20.8. The van der Waals surface area contributed by atoms with E-state index in [-0.39, 0.29) is 11.8 Å². The van der Waals surface area contributed by atoms with Crippen LogP contribution in [0.5, 0.6) is 11.5 Å². The van der Waals surface area contributed by atoms with Gasteiger partial charge in [0, 0.05) is 23.2 Å². The van der Waals surface area contributed by atoms with Gasteiger partial charge in [-0.05, 0) is 80.0 Å². The van der Waals surface area contributed by atoms with Gasteiger partial charge in [-0.1, -0.05) is 41.9 Å². The maximum absolute atomic E-state index is 12.7. The van der Waals surface area contributed by atoms with Crippen molar-refractivity contribution in [2.24, 2.45) is 5.92 Å². The molecule has 0 radical (unpaired) electrons. The van der Waals surface area contributed by atoms with Gasteiger partial charge in [0.1, 0.15) is 11.5 Å². The lowest BCUT2D eigenvalue weighted by atomic mass is 9.95. The number of hydrogen-bond donors (Lipinski definition) is 1. The molecule has 0 spiro atoms. The van der Waals surface area contributed by atoms with E-state index in [1.165, 1.54) is 5.56 Å². The number of ether oxygens (including phenoxy) is 1. The number of likely N-dealkylation sites (tertiary alicyclic amines) is 1. The molecular formula is C25H25ClN2O2. The highest BCUT2D eigenvalue weighted by atomic mass is 35.5. The lowest BCUT2D eigenvalue weighted by Gasteiger charge is -2.31. The van der Waals surface area contributed by atoms with E-state index < -0.39 is 0 Å². The molecule has 4 nitrogen and oxygen atoms in total. The van der Waals surface area contributed by atoms with Crippen LogP contribution in [0, 0.1) is 5.92 Å². The fraction of sp³-hybridized carbons (Fsp3) is 0.240. The first kappa shape index (κ1) is 20.5. The summed E-state index contributed by atoms with van der Waals surface area (Å²) < 4.78 is 5.80. The Morgan fingerprint density at radius 3 is 2.33 bits per heavy atom. The standard InChI is InChI=1S/C25H25ClN2O2/c26-21-6-4-5-19(17-21)18-28-15-13-20(14-16-28)25(29)27-22-9-11-24(12-10-22)30-23-7-2-1-3-8-23/h1-12,17,20H,13-16,18H2,(H,27,29). The van der Waals surface area contributed by atoms with Crippen LogP contribution in [0.25, 0.3) is 0 Å². The molecule has 4 rings (SSSR count). The molecule has 0 aromatic heterocycles. The van der Waals surface area contributed by atoms with Crippen molar-refractivity contribution >= 4 is 23.2 Å². The van der Waals surface area contributed by atoms with Gasteiger partial charge in [-0.3, -0.25) is 9.69 Å². The maximum atomic E-state index is 12.7. The van der Waals surface area contributed by atoms with E-state index in [4.69, 9.17) is 16.3 Å². The molecule has 0 saturated carbocycles. The highest BCUT2D eigenvalue weighted by Crippen LogP contribution is 2.25. The zero-order valence-electron chi connectivity index (χ0n) is 16.8. The monoisotopic (exact) mass is 420 g/mol. The molecule has 1 heterocycles. The number of benzene rings is 3. The van der Waals surface area contributed by atoms with Gasteiger partial charge in [0.25, 0.3) is 0 Å². The molecule has 0 aliphatic carbocycles. The fourth-order valence-electron chi connectivity index (χ4n) is 3.72. The number of anilines is 1. The highest BCUT2D eigenvalue weighted by molar-refractivity contribution is 6.30. The lowest BCUT2D eigenvalue weighted by Crippen LogP contribution is -2.37. The predicted molar refractivity (Wildman–Crippen MR) is 121 cm³/mol. The molecule has 0 atom stereocenters. The molecule has 154 valence electrons. The average Bonchev–Trinajstić information content (AvgIpc) is 2.76. The molecule has 1 amide bonds. The Hall–Kier alpha value is -2.82. The van der Waals surface area contributed by atoms with Crippen molar-refractivity contribution in [3.63, 3.8) is 0 Å². The maximum Gasteiger partial charge on any atom is 0.227 e. The predicted octanol–water partition coefficient (Wildman–Crippen LogP) is 5.98. The van der Waals surface area contributed by atoms with Crippen molar-refractivity contribution in [1.29, 1.82) is 0 Å². The summed E-state index contributed by atoms with van der Waals surface area (Å²) in [6.07, 6.45) is 1.73. The van der Waals surface area contributed by atoms with Gasteiger partial charge in [-0.15, -0.1) is 0 Å². The largest absolute Gasteiger partial charge is 0.457 e. The van der Waals surface area contributed by atoms with Gasteiger partial charge < -0.3 is 10.1 Å². The van der Waals surface area contributed by atoms with E-state index in [0.29, 0.717) is 0 Å². The number of hydrogen-bond acceptors (Lipinski definition) is 3. The fourth-order valence-corrected chi connectivity index (χ4v) is 3.93. The second-order valence-corrected chi connectivity index (χ2v) is 8.05. The van der Waals surface area contributed by atoms with Gasteiger partial charge in [-0.25, -0.2) is 0 Å². The smallest absolute Gasteiger partial charge is 0.227 e. The second-order valence-electron chi connectivity index (χ2n) is 7.61. The first-order valence-corrected chi connectivity index (χ1v) is 10.6. The SMILES string of the molecule is O=C(Nc1ccc(Oc2ccccc2)cc1)C1CCN(Cc2cccc(Cl)c2)CC1. The van der Waals surface area contributed by atoms with E-state index in [1.54, 1.807) is 0 Å². The van der Waals surface area contributed by atoms with E-state index >= 15 is 0 Å². The number of nitrogens with one attached hydrogen (secondary N) is 1. The van der Waals surface area contributed by atoms with Crippen LogP contribution in [0.4, 0.5) is 5.69 Å². The molecule has 3 aromatic carbocycles. The number of nitrogens with zero attached hydrogens (tertiary/aromatic N) is 1. The minimum absolute atomic E-state index is 0.0425. The van der Waals surface area contributed by atoms with Crippen LogP contribution in [0.1, 0.15) is 18.4 Å². The third-order valence-corrected chi connectivity index (χ3v) is 5.59. The zero-order valence-corrected chi connectivity index (χ0v) is 17.5. The third kappa shape index (κ3) is 5.62. The number of para-hydroxylation sites is 1. The summed E-state index contributed by atoms with van der Waals surface area (Å²) in [4.78, 5) is 15.1. The van der Waals surface area contributed by atoms with Crippen molar-refractivity contribution < 1.29 is 9.53 Å². The summed E-state index contributed by atoms with van der Waals surface area (Å²) in [5.41, 5.74) is 2.00. The third-order valence-electron chi connectivity index (χ3n) is 5.35. The topological polar surface area (TPSA) is 41.6 Å².